The van der Waals surface area contributed by atoms with Gasteiger partial charge in [-0.25, -0.2) is 9.97 Å². The van der Waals surface area contributed by atoms with Crippen LogP contribution in [0, 0.1) is 0 Å². The lowest BCUT2D eigenvalue weighted by Gasteiger charge is -2.03. The Balaban J connectivity index is 2.00. The van der Waals surface area contributed by atoms with Crippen LogP contribution in [0.2, 0.25) is 0 Å². The van der Waals surface area contributed by atoms with Crippen LogP contribution in [0.1, 0.15) is 19.0 Å². The minimum Gasteiger partial charge on any atom is -0.311 e. The van der Waals surface area contributed by atoms with Crippen molar-refractivity contribution in [3.05, 3.63) is 36.8 Å². The Morgan fingerprint density at radius 3 is 2.88 bits per heavy atom. The molecule has 0 aromatic carbocycles. The van der Waals surface area contributed by atoms with Gasteiger partial charge in [0.2, 0.25) is 0 Å². The van der Waals surface area contributed by atoms with E-state index in [0.717, 1.165) is 31.0 Å². The fourth-order valence-corrected chi connectivity index (χ4v) is 1.36. The van der Waals surface area contributed by atoms with Crippen molar-refractivity contribution in [2.75, 3.05) is 6.54 Å². The molecule has 2 rings (SSSR count). The molecule has 0 aliphatic heterocycles. The normalized spacial score (nSPS) is 10.6. The van der Waals surface area contributed by atoms with Crippen LogP contribution in [0.4, 0.5) is 0 Å². The molecule has 0 spiro atoms. The topological polar surface area (TPSA) is 55.6 Å². The predicted octanol–water partition coefficient (Wildman–Crippen LogP) is 1.16. The number of hydrogen-bond donors (Lipinski definition) is 1. The van der Waals surface area contributed by atoms with E-state index in [4.69, 9.17) is 0 Å². The van der Waals surface area contributed by atoms with Crippen LogP contribution in [-0.4, -0.2) is 26.1 Å². The van der Waals surface area contributed by atoms with Crippen molar-refractivity contribution in [3.63, 3.8) is 0 Å². The lowest BCUT2D eigenvalue weighted by atomic mass is 10.4. The van der Waals surface area contributed by atoms with Gasteiger partial charge in [0, 0.05) is 18.9 Å². The van der Waals surface area contributed by atoms with Crippen molar-refractivity contribution in [3.8, 4) is 5.82 Å². The van der Waals surface area contributed by atoms with Crippen LogP contribution >= 0.6 is 0 Å². The molecule has 84 valence electrons. The molecular weight excluding hydrogens is 202 g/mol. The Morgan fingerprint density at radius 1 is 1.31 bits per heavy atom. The lowest BCUT2D eigenvalue weighted by Crippen LogP contribution is -2.15. The summed E-state index contributed by atoms with van der Waals surface area (Å²) in [7, 11) is 0. The lowest BCUT2D eigenvalue weighted by molar-refractivity contribution is 0.661. The van der Waals surface area contributed by atoms with Crippen LogP contribution < -0.4 is 5.32 Å². The zero-order valence-corrected chi connectivity index (χ0v) is 9.30. The zero-order chi connectivity index (χ0) is 11.2. The molecule has 16 heavy (non-hydrogen) atoms. The molecule has 2 aromatic heterocycles. The summed E-state index contributed by atoms with van der Waals surface area (Å²) in [5.41, 5.74) is 0.956. The van der Waals surface area contributed by atoms with E-state index >= 15 is 0 Å². The van der Waals surface area contributed by atoms with Gasteiger partial charge in [0.15, 0.2) is 5.82 Å². The zero-order valence-electron chi connectivity index (χ0n) is 9.30. The third kappa shape index (κ3) is 2.64. The molecular formula is C11H15N5. The highest BCUT2D eigenvalue weighted by molar-refractivity contribution is 5.18. The first kappa shape index (κ1) is 10.8. The van der Waals surface area contributed by atoms with Gasteiger partial charge in [0.05, 0.1) is 18.1 Å². The molecule has 5 heteroatoms. The number of rotatable bonds is 5. The highest BCUT2D eigenvalue weighted by atomic mass is 15.1. The Kier molecular flexibility index (Phi) is 3.61. The summed E-state index contributed by atoms with van der Waals surface area (Å²) in [5, 5.41) is 3.28. The molecule has 0 amide bonds. The molecule has 0 aliphatic rings. The standard InChI is InChI=1S/C11H15N5/c1-2-3-12-6-10-7-15-11(8-14-10)16-5-4-13-9-16/h4-5,7-9,12H,2-3,6H2,1H3. The maximum atomic E-state index is 4.33. The second-order valence-electron chi connectivity index (χ2n) is 3.51. The van der Waals surface area contributed by atoms with E-state index < -0.39 is 0 Å². The van der Waals surface area contributed by atoms with Gasteiger partial charge in [-0.3, -0.25) is 9.55 Å². The SMILES string of the molecule is CCCNCc1cnc(-n2ccnc2)cn1. The van der Waals surface area contributed by atoms with Crippen molar-refractivity contribution in [1.82, 2.24) is 24.8 Å². The van der Waals surface area contributed by atoms with E-state index in [0.29, 0.717) is 0 Å². The average molecular weight is 217 g/mol. The Bertz CT molecular complexity index is 406. The maximum Gasteiger partial charge on any atom is 0.156 e. The minimum atomic E-state index is 0.769. The first-order valence-electron chi connectivity index (χ1n) is 5.40. The van der Waals surface area contributed by atoms with Crippen molar-refractivity contribution in [1.29, 1.82) is 0 Å². The van der Waals surface area contributed by atoms with Crippen LogP contribution in [0.15, 0.2) is 31.1 Å². The van der Waals surface area contributed by atoms with E-state index in [9.17, 15) is 0 Å². The van der Waals surface area contributed by atoms with E-state index in [1.54, 1.807) is 24.9 Å². The van der Waals surface area contributed by atoms with Crippen LogP contribution in [0.25, 0.3) is 5.82 Å². The minimum absolute atomic E-state index is 0.769. The first-order chi connectivity index (χ1) is 7.90. The summed E-state index contributed by atoms with van der Waals surface area (Å²) in [6, 6.07) is 0. The molecule has 2 heterocycles. The van der Waals surface area contributed by atoms with Gasteiger partial charge in [0.25, 0.3) is 0 Å². The van der Waals surface area contributed by atoms with Crippen molar-refractivity contribution < 1.29 is 0 Å². The fraction of sp³-hybridized carbons (Fsp3) is 0.364. The van der Waals surface area contributed by atoms with E-state index in [2.05, 4.69) is 27.2 Å². The summed E-state index contributed by atoms with van der Waals surface area (Å²) in [4.78, 5) is 12.6. The second-order valence-corrected chi connectivity index (χ2v) is 3.51. The largest absolute Gasteiger partial charge is 0.311 e. The predicted molar refractivity (Wildman–Crippen MR) is 61.2 cm³/mol. The number of aromatic nitrogens is 4. The molecule has 0 saturated heterocycles. The number of hydrogen-bond acceptors (Lipinski definition) is 4. The molecule has 0 saturated carbocycles. The summed E-state index contributed by atoms with van der Waals surface area (Å²) in [6.45, 7) is 3.91. The molecule has 0 bridgehead atoms. The van der Waals surface area contributed by atoms with Gasteiger partial charge in [-0.05, 0) is 13.0 Å². The first-order valence-corrected chi connectivity index (χ1v) is 5.40. The van der Waals surface area contributed by atoms with Crippen molar-refractivity contribution in [2.45, 2.75) is 19.9 Å². The number of nitrogens with one attached hydrogen (secondary N) is 1. The Labute approximate surface area is 94.6 Å². The monoisotopic (exact) mass is 217 g/mol. The smallest absolute Gasteiger partial charge is 0.156 e. The molecule has 0 fully saturated rings. The van der Waals surface area contributed by atoms with Gasteiger partial charge in [-0.2, -0.15) is 0 Å². The molecule has 0 unspecified atom stereocenters. The van der Waals surface area contributed by atoms with Crippen LogP contribution in [-0.2, 0) is 6.54 Å². The van der Waals surface area contributed by atoms with Crippen LogP contribution in [0.5, 0.6) is 0 Å². The van der Waals surface area contributed by atoms with Gasteiger partial charge < -0.3 is 5.32 Å². The molecule has 5 nitrogen and oxygen atoms in total. The molecule has 0 aliphatic carbocycles. The van der Waals surface area contributed by atoms with Gasteiger partial charge in [0.1, 0.15) is 6.33 Å². The number of nitrogens with zero attached hydrogens (tertiary/aromatic N) is 4. The average Bonchev–Trinajstić information content (AvgIpc) is 2.84. The molecule has 1 N–H and O–H groups in total. The van der Waals surface area contributed by atoms with Crippen molar-refractivity contribution >= 4 is 0 Å². The molecule has 2 aromatic rings. The Hall–Kier alpha value is -1.75. The molecule has 0 radical (unpaired) electrons. The summed E-state index contributed by atoms with van der Waals surface area (Å²) in [6.07, 6.45) is 9.94. The van der Waals surface area contributed by atoms with Gasteiger partial charge >= 0.3 is 0 Å². The fourth-order valence-electron chi connectivity index (χ4n) is 1.36. The van der Waals surface area contributed by atoms with Crippen molar-refractivity contribution in [2.24, 2.45) is 0 Å². The second kappa shape index (κ2) is 5.37. The molecule has 0 atom stereocenters. The third-order valence-electron chi connectivity index (χ3n) is 2.19. The summed E-state index contributed by atoms with van der Waals surface area (Å²) in [5.74, 6) is 0.789. The van der Waals surface area contributed by atoms with Gasteiger partial charge in [-0.1, -0.05) is 6.92 Å². The van der Waals surface area contributed by atoms with Gasteiger partial charge in [-0.15, -0.1) is 0 Å². The van der Waals surface area contributed by atoms with Crippen LogP contribution in [0.3, 0.4) is 0 Å². The Morgan fingerprint density at radius 2 is 2.25 bits per heavy atom. The van der Waals surface area contributed by atoms with E-state index in [1.165, 1.54) is 0 Å². The van der Waals surface area contributed by atoms with E-state index in [-0.39, 0.29) is 0 Å². The highest BCUT2D eigenvalue weighted by Crippen LogP contribution is 2.01. The number of imidazole rings is 1. The summed E-state index contributed by atoms with van der Waals surface area (Å²) < 4.78 is 1.83. The summed E-state index contributed by atoms with van der Waals surface area (Å²) >= 11 is 0. The highest BCUT2D eigenvalue weighted by Gasteiger charge is 1.98. The quantitative estimate of drug-likeness (QED) is 0.764. The maximum absolute atomic E-state index is 4.33. The third-order valence-corrected chi connectivity index (χ3v) is 2.19. The van der Waals surface area contributed by atoms with E-state index in [1.807, 2.05) is 10.8 Å².